The number of carbonyl (C=O) groups is 2. The normalized spacial score (nSPS) is 15.9. The summed E-state index contributed by atoms with van der Waals surface area (Å²) in [7, 11) is 0. The number of halogens is 2. The number of hydrogen-bond donors (Lipinski definition) is 1. The highest BCUT2D eigenvalue weighted by molar-refractivity contribution is 9.11. The number of piperidine rings is 1. The molecule has 1 aliphatic heterocycles. The van der Waals surface area contributed by atoms with E-state index in [9.17, 15) is 9.59 Å². The summed E-state index contributed by atoms with van der Waals surface area (Å²) >= 11 is 6.80. The summed E-state index contributed by atoms with van der Waals surface area (Å²) in [5.41, 5.74) is 0.673. The molecule has 0 bridgehead atoms. The molecule has 0 atom stereocenters. The molecule has 114 valence electrons. The average Bonchev–Trinajstić information content (AvgIpc) is 2.46. The van der Waals surface area contributed by atoms with Gasteiger partial charge in [0, 0.05) is 40.1 Å². The van der Waals surface area contributed by atoms with Crippen molar-refractivity contribution in [2.45, 2.75) is 32.2 Å². The van der Waals surface area contributed by atoms with E-state index in [1.807, 2.05) is 30.0 Å². The maximum absolute atomic E-state index is 12.5. The Bertz CT molecular complexity index is 520. The van der Waals surface area contributed by atoms with Gasteiger partial charge in [0.15, 0.2) is 0 Å². The largest absolute Gasteiger partial charge is 0.353 e. The molecule has 21 heavy (non-hydrogen) atoms. The van der Waals surface area contributed by atoms with Gasteiger partial charge >= 0.3 is 0 Å². The lowest BCUT2D eigenvalue weighted by molar-refractivity contribution is -0.121. The van der Waals surface area contributed by atoms with Crippen LogP contribution in [0.3, 0.4) is 0 Å². The van der Waals surface area contributed by atoms with Gasteiger partial charge in [-0.25, -0.2) is 0 Å². The maximum Gasteiger partial charge on any atom is 0.253 e. The fourth-order valence-corrected chi connectivity index (χ4v) is 3.71. The third kappa shape index (κ3) is 4.54. The zero-order chi connectivity index (χ0) is 15.4. The minimum Gasteiger partial charge on any atom is -0.353 e. The van der Waals surface area contributed by atoms with Gasteiger partial charge in [-0.2, -0.15) is 0 Å². The van der Waals surface area contributed by atoms with Crippen LogP contribution in [-0.4, -0.2) is 35.8 Å². The summed E-state index contributed by atoms with van der Waals surface area (Å²) in [5, 5.41) is 2.99. The molecule has 0 saturated carbocycles. The minimum atomic E-state index is 0.0391. The van der Waals surface area contributed by atoms with Gasteiger partial charge in [-0.1, -0.05) is 38.8 Å². The van der Waals surface area contributed by atoms with Gasteiger partial charge in [0.25, 0.3) is 5.91 Å². The molecule has 2 rings (SSSR count). The van der Waals surface area contributed by atoms with Gasteiger partial charge in [0.05, 0.1) is 0 Å². The first-order chi connectivity index (χ1) is 9.99. The molecule has 0 spiro atoms. The zero-order valence-electron chi connectivity index (χ0n) is 11.9. The van der Waals surface area contributed by atoms with Gasteiger partial charge in [-0.15, -0.1) is 0 Å². The minimum absolute atomic E-state index is 0.0391. The number of amides is 2. The highest BCUT2D eigenvalue weighted by atomic mass is 79.9. The van der Waals surface area contributed by atoms with Crippen LogP contribution in [-0.2, 0) is 4.79 Å². The SMILES string of the molecule is CCC(=O)NC1CCN(C(=O)c2cc(Br)cc(Br)c2)CC1. The number of rotatable bonds is 3. The van der Waals surface area contributed by atoms with E-state index >= 15 is 0 Å². The van der Waals surface area contributed by atoms with E-state index in [4.69, 9.17) is 0 Å². The van der Waals surface area contributed by atoms with Crippen molar-refractivity contribution in [2.24, 2.45) is 0 Å². The van der Waals surface area contributed by atoms with Crippen molar-refractivity contribution in [1.82, 2.24) is 10.2 Å². The molecule has 2 amide bonds. The molecule has 1 heterocycles. The average molecular weight is 418 g/mol. The predicted octanol–water partition coefficient (Wildman–Crippen LogP) is 3.34. The number of nitrogens with zero attached hydrogens (tertiary/aromatic N) is 1. The third-order valence-electron chi connectivity index (χ3n) is 3.58. The monoisotopic (exact) mass is 416 g/mol. The van der Waals surface area contributed by atoms with E-state index in [1.165, 1.54) is 0 Å². The Morgan fingerprint density at radius 2 is 1.76 bits per heavy atom. The molecule has 1 aliphatic rings. The van der Waals surface area contributed by atoms with Crippen molar-refractivity contribution >= 4 is 43.7 Å². The molecular formula is C15H18Br2N2O2. The quantitative estimate of drug-likeness (QED) is 0.819. The van der Waals surface area contributed by atoms with Crippen LogP contribution in [0, 0.1) is 0 Å². The van der Waals surface area contributed by atoms with Gasteiger partial charge in [-0.05, 0) is 31.0 Å². The lowest BCUT2D eigenvalue weighted by atomic mass is 10.0. The van der Waals surface area contributed by atoms with E-state index in [2.05, 4.69) is 37.2 Å². The third-order valence-corrected chi connectivity index (χ3v) is 4.49. The molecule has 6 heteroatoms. The number of carbonyl (C=O) groups excluding carboxylic acids is 2. The maximum atomic E-state index is 12.5. The molecule has 1 aromatic rings. The van der Waals surface area contributed by atoms with E-state index in [-0.39, 0.29) is 17.9 Å². The van der Waals surface area contributed by atoms with Crippen LogP contribution in [0.4, 0.5) is 0 Å². The molecule has 4 nitrogen and oxygen atoms in total. The first-order valence-corrected chi connectivity index (χ1v) is 8.63. The Kier molecular flexibility index (Phi) is 5.81. The lowest BCUT2D eigenvalue weighted by Crippen LogP contribution is -2.46. The second-order valence-electron chi connectivity index (χ2n) is 5.15. The van der Waals surface area contributed by atoms with Gasteiger partial charge < -0.3 is 10.2 Å². The van der Waals surface area contributed by atoms with Crippen LogP contribution in [0.25, 0.3) is 0 Å². The Morgan fingerprint density at radius 1 is 1.19 bits per heavy atom. The summed E-state index contributed by atoms with van der Waals surface area (Å²) in [6, 6.07) is 5.76. The van der Waals surface area contributed by atoms with Crippen molar-refractivity contribution in [3.05, 3.63) is 32.7 Å². The van der Waals surface area contributed by atoms with Crippen molar-refractivity contribution in [3.8, 4) is 0 Å². The number of nitrogens with one attached hydrogen (secondary N) is 1. The Hall–Kier alpha value is -0.880. The van der Waals surface area contributed by atoms with Gasteiger partial charge in [0.1, 0.15) is 0 Å². The van der Waals surface area contributed by atoms with Crippen molar-refractivity contribution < 1.29 is 9.59 Å². The molecule has 1 fully saturated rings. The smallest absolute Gasteiger partial charge is 0.253 e. The van der Waals surface area contributed by atoms with E-state index < -0.39 is 0 Å². The Balaban J connectivity index is 1.95. The van der Waals surface area contributed by atoms with Crippen LogP contribution in [0.15, 0.2) is 27.1 Å². The first-order valence-electron chi connectivity index (χ1n) is 7.04. The highest BCUT2D eigenvalue weighted by Crippen LogP contribution is 2.22. The topological polar surface area (TPSA) is 49.4 Å². The van der Waals surface area contributed by atoms with Crippen molar-refractivity contribution in [3.63, 3.8) is 0 Å². The summed E-state index contributed by atoms with van der Waals surface area (Å²) in [4.78, 5) is 25.7. The first kappa shape index (κ1) is 16.5. The zero-order valence-corrected chi connectivity index (χ0v) is 15.0. The van der Waals surface area contributed by atoms with E-state index in [0.717, 1.165) is 21.8 Å². The van der Waals surface area contributed by atoms with Crippen LogP contribution in [0.5, 0.6) is 0 Å². The van der Waals surface area contributed by atoms with Crippen molar-refractivity contribution in [2.75, 3.05) is 13.1 Å². The Morgan fingerprint density at radius 3 is 2.29 bits per heavy atom. The summed E-state index contributed by atoms with van der Waals surface area (Å²) in [6.07, 6.45) is 2.13. The second-order valence-corrected chi connectivity index (χ2v) is 6.98. The summed E-state index contributed by atoms with van der Waals surface area (Å²) < 4.78 is 1.76. The lowest BCUT2D eigenvalue weighted by Gasteiger charge is -2.32. The number of likely N-dealkylation sites (tertiary alicyclic amines) is 1. The molecule has 1 N–H and O–H groups in total. The van der Waals surface area contributed by atoms with Gasteiger partial charge in [-0.3, -0.25) is 9.59 Å². The van der Waals surface area contributed by atoms with Crippen LogP contribution in [0.2, 0.25) is 0 Å². The predicted molar refractivity (Wildman–Crippen MR) is 89.2 cm³/mol. The molecular weight excluding hydrogens is 400 g/mol. The highest BCUT2D eigenvalue weighted by Gasteiger charge is 2.24. The number of benzene rings is 1. The van der Waals surface area contributed by atoms with Gasteiger partial charge in [0.2, 0.25) is 5.91 Å². The molecule has 0 aliphatic carbocycles. The fraction of sp³-hybridized carbons (Fsp3) is 0.467. The second kappa shape index (κ2) is 7.40. The van der Waals surface area contributed by atoms with Crippen molar-refractivity contribution in [1.29, 1.82) is 0 Å². The standard InChI is InChI=1S/C15H18Br2N2O2/c1-2-14(20)18-13-3-5-19(6-4-13)15(21)10-7-11(16)9-12(17)8-10/h7-9,13H,2-6H2,1H3,(H,18,20). The fourth-order valence-electron chi connectivity index (χ4n) is 2.42. The van der Waals surface area contributed by atoms with Crippen LogP contribution in [0.1, 0.15) is 36.5 Å². The van der Waals surface area contributed by atoms with Crippen LogP contribution < -0.4 is 5.32 Å². The molecule has 0 unspecified atom stereocenters. The molecule has 0 aromatic heterocycles. The number of hydrogen-bond acceptors (Lipinski definition) is 2. The molecule has 0 radical (unpaired) electrons. The summed E-state index contributed by atoms with van der Waals surface area (Å²) in [5.74, 6) is 0.118. The van der Waals surface area contributed by atoms with Crippen LogP contribution >= 0.6 is 31.9 Å². The summed E-state index contributed by atoms with van der Waals surface area (Å²) in [6.45, 7) is 3.20. The molecule has 1 saturated heterocycles. The Labute approximate surface area is 141 Å². The van der Waals surface area contributed by atoms with E-state index in [1.54, 1.807) is 0 Å². The molecule has 1 aromatic carbocycles. The van der Waals surface area contributed by atoms with E-state index in [0.29, 0.717) is 25.1 Å².